The van der Waals surface area contributed by atoms with Gasteiger partial charge in [0.2, 0.25) is 5.78 Å². The molecular weight excluding hydrogens is 617 g/mol. The van der Waals surface area contributed by atoms with Crippen molar-refractivity contribution >= 4 is 29.6 Å². The molecule has 254 valence electrons. The fourth-order valence-corrected chi connectivity index (χ4v) is 5.05. The number of nitrogens with zero attached hydrogens (tertiary/aromatic N) is 1. The van der Waals surface area contributed by atoms with Crippen LogP contribution in [0.3, 0.4) is 0 Å². The average molecular weight is 658 g/mol. The second-order valence-electron chi connectivity index (χ2n) is 11.6. The standard InChI is InChI=1S/C34H40FNO11/c1-6-30(39)46-20-34(2,3)31(40)32(41)36-15-8-7-12-25(36)33(42)47-26(22-10-9-11-23(16-22)45-19-29(37)38)14-13-21-17-27(43-4)28(44-5)18-24(21)35/h6,9-11,16-18,25-26H,1,7-8,12-15,19-20H2,2-5H3,(H,37,38)/t25-,26?/m0/s1. The van der Waals surface area contributed by atoms with Gasteiger partial charge in [-0.25, -0.2) is 18.8 Å². The predicted molar refractivity (Wildman–Crippen MR) is 166 cm³/mol. The number of rotatable bonds is 16. The Morgan fingerprint density at radius 2 is 1.79 bits per heavy atom. The van der Waals surface area contributed by atoms with Crippen molar-refractivity contribution in [3.8, 4) is 17.2 Å². The minimum atomic E-state index is -1.37. The van der Waals surface area contributed by atoms with Crippen molar-refractivity contribution in [3.05, 3.63) is 66.0 Å². The van der Waals surface area contributed by atoms with Crippen LogP contribution in [0.1, 0.15) is 56.8 Å². The maximum Gasteiger partial charge on any atom is 0.341 e. The number of carboxylic acid groups (broad SMARTS) is 1. The SMILES string of the molecule is C=CC(=O)OCC(C)(C)C(=O)C(=O)N1CCCC[C@H]1C(=O)OC(CCc1cc(OC)c(OC)cc1F)c1cccc(OCC(=O)O)c1. The first kappa shape index (κ1) is 36.5. The van der Waals surface area contributed by atoms with Crippen molar-refractivity contribution in [2.24, 2.45) is 5.41 Å². The first-order chi connectivity index (χ1) is 22.3. The summed E-state index contributed by atoms with van der Waals surface area (Å²) >= 11 is 0. The van der Waals surface area contributed by atoms with Crippen LogP contribution >= 0.6 is 0 Å². The minimum absolute atomic E-state index is 0.0851. The number of hydrogen-bond acceptors (Lipinski definition) is 10. The number of ether oxygens (including phenoxy) is 5. The summed E-state index contributed by atoms with van der Waals surface area (Å²) in [5.74, 6) is -4.26. The van der Waals surface area contributed by atoms with Gasteiger partial charge in [0.05, 0.1) is 19.6 Å². The number of esters is 2. The summed E-state index contributed by atoms with van der Waals surface area (Å²) in [6, 6.07) is 7.90. The highest BCUT2D eigenvalue weighted by Crippen LogP contribution is 2.34. The number of aliphatic carboxylic acids is 1. The number of likely N-dealkylation sites (tertiary alicyclic amines) is 1. The monoisotopic (exact) mass is 657 g/mol. The minimum Gasteiger partial charge on any atom is -0.493 e. The predicted octanol–water partition coefficient (Wildman–Crippen LogP) is 4.23. The summed E-state index contributed by atoms with van der Waals surface area (Å²) in [5, 5.41) is 9.03. The molecule has 1 unspecified atom stereocenters. The molecule has 2 aromatic rings. The number of halogens is 1. The summed E-state index contributed by atoms with van der Waals surface area (Å²) in [7, 11) is 2.81. The lowest BCUT2D eigenvalue weighted by atomic mass is 9.87. The highest BCUT2D eigenvalue weighted by molar-refractivity contribution is 6.38. The molecule has 2 atom stereocenters. The van der Waals surface area contributed by atoms with Crippen LogP contribution in [0.5, 0.6) is 17.2 Å². The van der Waals surface area contributed by atoms with E-state index < -0.39 is 59.6 Å². The highest BCUT2D eigenvalue weighted by Gasteiger charge is 2.42. The first-order valence-electron chi connectivity index (χ1n) is 15.0. The molecule has 1 heterocycles. The zero-order valence-corrected chi connectivity index (χ0v) is 26.9. The van der Waals surface area contributed by atoms with Gasteiger partial charge in [0, 0.05) is 18.7 Å². The Bertz CT molecular complexity index is 1490. The quantitative estimate of drug-likeness (QED) is 0.157. The van der Waals surface area contributed by atoms with Crippen molar-refractivity contribution in [2.45, 2.75) is 58.1 Å². The number of Topliss-reactive ketones (excluding diaryl/α,β-unsaturated/α-hetero) is 1. The van der Waals surface area contributed by atoms with Crippen molar-refractivity contribution in [3.63, 3.8) is 0 Å². The van der Waals surface area contributed by atoms with E-state index in [1.54, 1.807) is 18.2 Å². The maximum absolute atomic E-state index is 15.0. The van der Waals surface area contributed by atoms with Gasteiger partial charge in [-0.15, -0.1) is 0 Å². The lowest BCUT2D eigenvalue weighted by molar-refractivity contribution is -0.165. The molecule has 1 N–H and O–H groups in total. The largest absolute Gasteiger partial charge is 0.493 e. The molecule has 12 nitrogen and oxygen atoms in total. The molecule has 3 rings (SSSR count). The van der Waals surface area contributed by atoms with Crippen molar-refractivity contribution in [1.29, 1.82) is 0 Å². The van der Waals surface area contributed by atoms with Crippen LogP contribution in [0.15, 0.2) is 49.1 Å². The molecule has 1 aliphatic rings. The van der Waals surface area contributed by atoms with Gasteiger partial charge in [-0.2, -0.15) is 0 Å². The summed E-state index contributed by atoms with van der Waals surface area (Å²) in [6.07, 6.45) is 1.53. The number of carbonyl (C=O) groups excluding carboxylic acids is 4. The highest BCUT2D eigenvalue weighted by atomic mass is 19.1. The number of ketones is 1. The average Bonchev–Trinajstić information content (AvgIpc) is 3.07. The number of hydrogen-bond donors (Lipinski definition) is 1. The Kier molecular flexibility index (Phi) is 12.9. The molecule has 0 saturated carbocycles. The normalized spacial score (nSPS) is 15.2. The Morgan fingerprint density at radius 3 is 2.45 bits per heavy atom. The number of aryl methyl sites for hydroxylation is 1. The lowest BCUT2D eigenvalue weighted by Crippen LogP contribution is -2.53. The van der Waals surface area contributed by atoms with E-state index in [-0.39, 0.29) is 49.5 Å². The molecule has 1 fully saturated rings. The van der Waals surface area contributed by atoms with Crippen LogP contribution in [0.25, 0.3) is 0 Å². The Morgan fingerprint density at radius 1 is 1.09 bits per heavy atom. The number of carboxylic acids is 1. The van der Waals surface area contributed by atoms with Crippen LogP contribution in [-0.2, 0) is 39.9 Å². The van der Waals surface area contributed by atoms with Gasteiger partial charge in [0.25, 0.3) is 5.91 Å². The molecular formula is C34H40FNO11. The van der Waals surface area contributed by atoms with Crippen LogP contribution in [-0.4, -0.2) is 79.6 Å². The Labute approximate surface area is 272 Å². The van der Waals surface area contributed by atoms with E-state index in [4.69, 9.17) is 28.8 Å². The number of carbonyl (C=O) groups is 5. The summed E-state index contributed by atoms with van der Waals surface area (Å²) < 4.78 is 41.8. The van der Waals surface area contributed by atoms with Crippen LogP contribution < -0.4 is 14.2 Å². The van der Waals surface area contributed by atoms with E-state index in [0.717, 1.165) is 6.08 Å². The van der Waals surface area contributed by atoms with E-state index >= 15 is 4.39 Å². The van der Waals surface area contributed by atoms with E-state index in [0.29, 0.717) is 24.2 Å². The third-order valence-corrected chi connectivity index (χ3v) is 7.67. The van der Waals surface area contributed by atoms with Gasteiger partial charge in [-0.3, -0.25) is 9.59 Å². The summed E-state index contributed by atoms with van der Waals surface area (Å²) in [4.78, 5) is 64.2. The molecule has 47 heavy (non-hydrogen) atoms. The summed E-state index contributed by atoms with van der Waals surface area (Å²) in [6.45, 7) is 5.41. The Hall–Kier alpha value is -4.94. The molecule has 13 heteroatoms. The second-order valence-corrected chi connectivity index (χ2v) is 11.6. The Balaban J connectivity index is 1.88. The smallest absolute Gasteiger partial charge is 0.341 e. The number of benzene rings is 2. The molecule has 1 aliphatic heterocycles. The fraction of sp³-hybridized carbons (Fsp3) is 0.441. The second kappa shape index (κ2) is 16.6. The molecule has 1 saturated heterocycles. The van der Waals surface area contributed by atoms with Gasteiger partial charge < -0.3 is 33.7 Å². The number of amides is 1. The number of piperidine rings is 1. The molecule has 0 radical (unpaired) electrons. The fourth-order valence-electron chi connectivity index (χ4n) is 5.05. The van der Waals surface area contributed by atoms with E-state index in [1.165, 1.54) is 51.2 Å². The van der Waals surface area contributed by atoms with Gasteiger partial charge in [0.1, 0.15) is 30.3 Å². The van der Waals surface area contributed by atoms with Crippen molar-refractivity contribution in [1.82, 2.24) is 4.90 Å². The van der Waals surface area contributed by atoms with Gasteiger partial charge in [-0.1, -0.05) is 18.7 Å². The third-order valence-electron chi connectivity index (χ3n) is 7.67. The molecule has 2 aromatic carbocycles. The molecule has 0 spiro atoms. The lowest BCUT2D eigenvalue weighted by Gasteiger charge is -2.36. The van der Waals surface area contributed by atoms with Crippen molar-refractivity contribution in [2.75, 3.05) is 34.0 Å². The molecule has 1 amide bonds. The van der Waals surface area contributed by atoms with Crippen molar-refractivity contribution < 1.29 is 57.2 Å². The van der Waals surface area contributed by atoms with E-state index in [2.05, 4.69) is 6.58 Å². The van der Waals surface area contributed by atoms with E-state index in [9.17, 15) is 24.0 Å². The topological polar surface area (TPSA) is 155 Å². The first-order valence-corrected chi connectivity index (χ1v) is 15.0. The number of methoxy groups -OCH3 is 2. The van der Waals surface area contributed by atoms with Crippen LogP contribution in [0, 0.1) is 11.2 Å². The molecule has 0 bridgehead atoms. The van der Waals surface area contributed by atoms with E-state index in [1.807, 2.05) is 0 Å². The van der Waals surface area contributed by atoms with Gasteiger partial charge >= 0.3 is 17.9 Å². The zero-order valence-electron chi connectivity index (χ0n) is 26.9. The third kappa shape index (κ3) is 9.77. The van der Waals surface area contributed by atoms with Gasteiger partial charge in [0.15, 0.2) is 18.1 Å². The maximum atomic E-state index is 15.0. The van der Waals surface area contributed by atoms with Crippen LogP contribution in [0.4, 0.5) is 4.39 Å². The summed E-state index contributed by atoms with van der Waals surface area (Å²) in [5.41, 5.74) is -0.664. The molecule has 0 aliphatic carbocycles. The van der Waals surface area contributed by atoms with Gasteiger partial charge in [-0.05, 0) is 75.3 Å². The van der Waals surface area contributed by atoms with Crippen LogP contribution in [0.2, 0.25) is 0 Å². The molecule has 0 aromatic heterocycles. The zero-order chi connectivity index (χ0) is 34.7.